The Labute approximate surface area is 338 Å². The lowest BCUT2D eigenvalue weighted by molar-refractivity contribution is 0.235. The van der Waals surface area contributed by atoms with Crippen molar-refractivity contribution in [1.29, 1.82) is 0 Å². The number of rotatable bonds is 7. The van der Waals surface area contributed by atoms with E-state index in [-0.39, 0.29) is 12.0 Å². The molecule has 0 bridgehead atoms. The van der Waals surface area contributed by atoms with Gasteiger partial charge in [-0.25, -0.2) is 0 Å². The van der Waals surface area contributed by atoms with Gasteiger partial charge in [0.15, 0.2) is 0 Å². The van der Waals surface area contributed by atoms with Crippen LogP contribution in [0.15, 0.2) is 200 Å². The molecule has 2 nitrogen and oxygen atoms in total. The molecule has 0 spiro atoms. The zero-order valence-electron chi connectivity index (χ0n) is 31.6. The normalized spacial score (nSPS) is 18.2. The maximum atomic E-state index is 6.67. The summed E-state index contributed by atoms with van der Waals surface area (Å²) < 4.78 is 9.33. The predicted octanol–water partition coefficient (Wildman–Crippen LogP) is 15.2. The Morgan fingerprint density at radius 3 is 1.82 bits per heavy atom. The molecule has 3 atom stereocenters. The third kappa shape index (κ3) is 6.20. The van der Waals surface area contributed by atoms with Crippen LogP contribution in [0.2, 0.25) is 0 Å². The van der Waals surface area contributed by atoms with E-state index in [0.29, 0.717) is 5.92 Å². The van der Waals surface area contributed by atoms with Crippen LogP contribution in [0, 0.1) is 5.92 Å². The summed E-state index contributed by atoms with van der Waals surface area (Å²) in [5.41, 5.74) is 13.4. The number of fused-ring (bicyclic) bond motifs is 6. The molecule has 3 aliphatic rings. The molecule has 0 saturated heterocycles. The maximum absolute atomic E-state index is 6.67. The van der Waals surface area contributed by atoms with E-state index in [1.807, 2.05) is 11.3 Å². The number of benzene rings is 7. The van der Waals surface area contributed by atoms with Gasteiger partial charge >= 0.3 is 0 Å². The van der Waals surface area contributed by atoms with Crippen molar-refractivity contribution in [2.75, 3.05) is 4.90 Å². The van der Waals surface area contributed by atoms with Crippen molar-refractivity contribution in [3.8, 4) is 39.1 Å². The van der Waals surface area contributed by atoms with Crippen LogP contribution in [0.25, 0.3) is 53.6 Å². The van der Waals surface area contributed by atoms with Gasteiger partial charge in [0.05, 0.1) is 0 Å². The highest BCUT2D eigenvalue weighted by atomic mass is 32.1. The molecule has 3 unspecified atom stereocenters. The Hall–Kier alpha value is -6.42. The van der Waals surface area contributed by atoms with Gasteiger partial charge in [0.25, 0.3) is 0 Å². The minimum atomic E-state index is 0.103. The summed E-state index contributed by atoms with van der Waals surface area (Å²) in [5.74, 6) is 1.85. The van der Waals surface area contributed by atoms with Crippen LogP contribution in [0.1, 0.15) is 30.7 Å². The second kappa shape index (κ2) is 14.3. The Morgan fingerprint density at radius 1 is 0.526 bits per heavy atom. The lowest BCUT2D eigenvalue weighted by atomic mass is 9.77. The van der Waals surface area contributed by atoms with Crippen LogP contribution in [-0.2, 0) is 0 Å². The largest absolute Gasteiger partial charge is 0.485 e. The van der Waals surface area contributed by atoms with Crippen LogP contribution < -0.4 is 9.64 Å². The standard InChI is InChI=1S/C54H41NOS/c1-3-10-36(11-4-1)37-18-26-43(27-19-37)55(45-30-22-39(23-31-45)42-25-33-53-50(35-42)47-14-7-8-17-52(47)57-53)44-28-20-38(21-29-44)41-24-32-51-49(34-41)48-16-9-15-46(54(48)56-51)40-12-5-2-6-13-40/h1-5,7-11,14-35,40,48,54H,6,12-13H2. The van der Waals surface area contributed by atoms with Gasteiger partial charge in [0.2, 0.25) is 0 Å². The molecular formula is C54H41NOS. The van der Waals surface area contributed by atoms with Crippen LogP contribution in [0.4, 0.5) is 17.1 Å². The number of hydrogen-bond acceptors (Lipinski definition) is 3. The highest BCUT2D eigenvalue weighted by molar-refractivity contribution is 7.25. The molecule has 1 aromatic heterocycles. The molecule has 274 valence electrons. The third-order valence-corrected chi connectivity index (χ3v) is 13.3. The Balaban J connectivity index is 0.914. The summed E-state index contributed by atoms with van der Waals surface area (Å²) in [6.07, 6.45) is 15.1. The fourth-order valence-corrected chi connectivity index (χ4v) is 10.3. The minimum absolute atomic E-state index is 0.103. The topological polar surface area (TPSA) is 12.5 Å². The molecular weight excluding hydrogens is 711 g/mol. The monoisotopic (exact) mass is 751 g/mol. The lowest BCUT2D eigenvalue weighted by Gasteiger charge is -2.29. The number of nitrogens with zero attached hydrogens (tertiary/aromatic N) is 1. The van der Waals surface area contributed by atoms with Crippen molar-refractivity contribution < 1.29 is 4.74 Å². The van der Waals surface area contributed by atoms with Gasteiger partial charge in [-0.1, -0.05) is 127 Å². The molecule has 57 heavy (non-hydrogen) atoms. The van der Waals surface area contributed by atoms with Gasteiger partial charge in [-0.05, 0) is 131 Å². The number of ether oxygens (including phenoxy) is 1. The second-order valence-corrected chi connectivity index (χ2v) is 16.6. The maximum Gasteiger partial charge on any atom is 0.131 e. The molecule has 0 saturated carbocycles. The Kier molecular flexibility index (Phi) is 8.48. The number of allylic oxidation sites excluding steroid dienone is 4. The molecule has 0 radical (unpaired) electrons. The minimum Gasteiger partial charge on any atom is -0.485 e. The summed E-state index contributed by atoms with van der Waals surface area (Å²) in [4.78, 5) is 2.36. The fraction of sp³-hybridized carbons (Fsp3) is 0.111. The van der Waals surface area contributed by atoms with Crippen molar-refractivity contribution in [3.63, 3.8) is 0 Å². The zero-order chi connectivity index (χ0) is 37.7. The van der Waals surface area contributed by atoms with Crippen LogP contribution in [-0.4, -0.2) is 6.10 Å². The first-order chi connectivity index (χ1) is 28.2. The summed E-state index contributed by atoms with van der Waals surface area (Å²) >= 11 is 1.86. The second-order valence-electron chi connectivity index (χ2n) is 15.5. The van der Waals surface area contributed by atoms with Gasteiger partial charge in [-0.3, -0.25) is 0 Å². The molecule has 2 aliphatic carbocycles. The van der Waals surface area contributed by atoms with Crippen LogP contribution >= 0.6 is 11.3 Å². The number of hydrogen-bond donors (Lipinski definition) is 0. The van der Waals surface area contributed by atoms with Gasteiger partial charge in [0.1, 0.15) is 11.9 Å². The average Bonchev–Trinajstić information content (AvgIpc) is 3.86. The van der Waals surface area contributed by atoms with Gasteiger partial charge < -0.3 is 9.64 Å². The molecule has 11 rings (SSSR count). The smallest absolute Gasteiger partial charge is 0.131 e. The first kappa shape index (κ1) is 33.9. The molecule has 7 aromatic carbocycles. The highest BCUT2D eigenvalue weighted by Crippen LogP contribution is 2.48. The average molecular weight is 752 g/mol. The van der Waals surface area contributed by atoms with Crippen molar-refractivity contribution in [1.82, 2.24) is 0 Å². The van der Waals surface area contributed by atoms with Crippen molar-refractivity contribution in [3.05, 3.63) is 205 Å². The van der Waals surface area contributed by atoms with E-state index >= 15 is 0 Å². The fourth-order valence-electron chi connectivity index (χ4n) is 9.19. The van der Waals surface area contributed by atoms with E-state index in [1.54, 1.807) is 0 Å². The highest BCUT2D eigenvalue weighted by Gasteiger charge is 2.39. The first-order valence-electron chi connectivity index (χ1n) is 20.2. The van der Waals surface area contributed by atoms with Gasteiger partial charge in [-0.15, -0.1) is 11.3 Å². The van der Waals surface area contributed by atoms with E-state index in [4.69, 9.17) is 4.74 Å². The molecule has 0 fully saturated rings. The van der Waals surface area contributed by atoms with Crippen molar-refractivity contribution in [2.24, 2.45) is 5.92 Å². The molecule has 2 heterocycles. The molecule has 1 aliphatic heterocycles. The molecule has 0 N–H and O–H groups in total. The third-order valence-electron chi connectivity index (χ3n) is 12.2. The van der Waals surface area contributed by atoms with E-state index in [2.05, 4.69) is 199 Å². The van der Waals surface area contributed by atoms with Crippen molar-refractivity contribution in [2.45, 2.75) is 31.3 Å². The van der Waals surface area contributed by atoms with Gasteiger partial charge in [0, 0.05) is 48.7 Å². The molecule has 0 amide bonds. The van der Waals surface area contributed by atoms with E-state index in [1.165, 1.54) is 71.1 Å². The van der Waals surface area contributed by atoms with Gasteiger partial charge in [-0.2, -0.15) is 0 Å². The Bertz CT molecular complexity index is 2840. The zero-order valence-corrected chi connectivity index (χ0v) is 32.4. The van der Waals surface area contributed by atoms with E-state index in [0.717, 1.165) is 35.7 Å². The van der Waals surface area contributed by atoms with Crippen LogP contribution in [0.5, 0.6) is 5.75 Å². The summed E-state index contributed by atoms with van der Waals surface area (Å²) in [6, 6.07) is 59.9. The van der Waals surface area contributed by atoms with Crippen LogP contribution in [0.3, 0.4) is 0 Å². The quantitative estimate of drug-likeness (QED) is 0.150. The summed E-state index contributed by atoms with van der Waals surface area (Å²) in [5, 5.41) is 2.65. The predicted molar refractivity (Wildman–Crippen MR) is 241 cm³/mol. The lowest BCUT2D eigenvalue weighted by Crippen LogP contribution is -2.27. The number of thiophene rings is 1. The van der Waals surface area contributed by atoms with E-state index < -0.39 is 0 Å². The van der Waals surface area contributed by atoms with Crippen molar-refractivity contribution >= 4 is 48.6 Å². The number of anilines is 3. The SMILES string of the molecule is C1=CC2c3cc(-c4ccc(N(c5ccc(-c6ccccc6)cc5)c5ccc(-c6ccc7sc8ccccc8c7c6)cc5)cc4)ccc3OC2C(C2CC=CCC2)=C1. The first-order valence-corrected chi connectivity index (χ1v) is 21.0. The Morgan fingerprint density at radius 2 is 1.12 bits per heavy atom. The molecule has 3 heteroatoms. The summed E-state index contributed by atoms with van der Waals surface area (Å²) in [6.45, 7) is 0. The molecule has 8 aromatic rings. The van der Waals surface area contributed by atoms with E-state index in [9.17, 15) is 0 Å². The summed E-state index contributed by atoms with van der Waals surface area (Å²) in [7, 11) is 0.